The van der Waals surface area contributed by atoms with E-state index in [9.17, 15) is 9.59 Å². The highest BCUT2D eigenvalue weighted by Crippen LogP contribution is 2.35. The van der Waals surface area contributed by atoms with Gasteiger partial charge in [0.1, 0.15) is 9.88 Å². The monoisotopic (exact) mass is 356 g/mol. The van der Waals surface area contributed by atoms with Crippen LogP contribution in [0.2, 0.25) is 4.34 Å². The van der Waals surface area contributed by atoms with E-state index in [4.69, 9.17) is 16.7 Å². The summed E-state index contributed by atoms with van der Waals surface area (Å²) in [6.45, 7) is 2.55. The Hall–Kier alpha value is -1.44. The number of aromatic nitrogens is 1. The first-order valence-corrected chi connectivity index (χ1v) is 8.72. The standard InChI is InChI=1S/C14H13ClN2O3S2/c1-7-11(13(18)17-5-4-8(6-17)14(19)20)22-12(16-7)9-2-3-10(15)21-9/h2-3,8H,4-6H2,1H3,(H,19,20). The molecule has 1 aliphatic heterocycles. The lowest BCUT2D eigenvalue weighted by molar-refractivity contribution is -0.141. The molecule has 0 spiro atoms. The normalized spacial score (nSPS) is 17.9. The summed E-state index contributed by atoms with van der Waals surface area (Å²) >= 11 is 8.69. The van der Waals surface area contributed by atoms with Crippen LogP contribution >= 0.6 is 34.3 Å². The molecule has 1 fully saturated rings. The molecule has 1 aliphatic rings. The van der Waals surface area contributed by atoms with Crippen molar-refractivity contribution in [2.45, 2.75) is 13.3 Å². The number of thiophene rings is 1. The number of halogens is 1. The first-order valence-electron chi connectivity index (χ1n) is 6.71. The fourth-order valence-electron chi connectivity index (χ4n) is 2.42. The molecule has 2 aromatic rings. The highest BCUT2D eigenvalue weighted by Gasteiger charge is 2.32. The van der Waals surface area contributed by atoms with Crippen molar-refractivity contribution in [2.75, 3.05) is 13.1 Å². The molecule has 1 N–H and O–H groups in total. The average molecular weight is 357 g/mol. The molecule has 1 unspecified atom stereocenters. The van der Waals surface area contributed by atoms with Gasteiger partial charge < -0.3 is 10.0 Å². The zero-order chi connectivity index (χ0) is 15.9. The first-order chi connectivity index (χ1) is 10.5. The molecule has 0 radical (unpaired) electrons. The molecule has 116 valence electrons. The van der Waals surface area contributed by atoms with Gasteiger partial charge in [-0.2, -0.15) is 0 Å². The smallest absolute Gasteiger partial charge is 0.308 e. The average Bonchev–Trinajstić information content (AvgIpc) is 3.16. The lowest BCUT2D eigenvalue weighted by Gasteiger charge is -2.14. The number of likely N-dealkylation sites (tertiary alicyclic amines) is 1. The number of carboxylic acid groups (broad SMARTS) is 1. The lowest BCUT2D eigenvalue weighted by Crippen LogP contribution is -2.29. The molecule has 1 amide bonds. The van der Waals surface area contributed by atoms with Crippen molar-refractivity contribution in [3.05, 3.63) is 27.0 Å². The highest BCUT2D eigenvalue weighted by molar-refractivity contribution is 7.24. The molecule has 5 nitrogen and oxygen atoms in total. The number of thiazole rings is 1. The summed E-state index contributed by atoms with van der Waals surface area (Å²) in [4.78, 5) is 31.1. The fourth-order valence-corrected chi connectivity index (χ4v) is 4.55. The number of hydrogen-bond acceptors (Lipinski definition) is 5. The Morgan fingerprint density at radius 3 is 2.77 bits per heavy atom. The van der Waals surface area contributed by atoms with Gasteiger partial charge in [-0.3, -0.25) is 9.59 Å². The molecule has 1 saturated heterocycles. The number of aliphatic carboxylic acids is 1. The topological polar surface area (TPSA) is 70.5 Å². The molecule has 22 heavy (non-hydrogen) atoms. The second kappa shape index (κ2) is 5.98. The number of carboxylic acids is 1. The van der Waals surface area contributed by atoms with Crippen LogP contribution in [-0.2, 0) is 4.79 Å². The number of carbonyl (C=O) groups excluding carboxylic acids is 1. The van der Waals surface area contributed by atoms with Crippen molar-refractivity contribution in [2.24, 2.45) is 5.92 Å². The van der Waals surface area contributed by atoms with E-state index >= 15 is 0 Å². The van der Waals surface area contributed by atoms with Crippen LogP contribution in [-0.4, -0.2) is 40.0 Å². The van der Waals surface area contributed by atoms with E-state index in [0.717, 1.165) is 9.88 Å². The molecule has 2 aromatic heterocycles. The quantitative estimate of drug-likeness (QED) is 0.915. The molecule has 8 heteroatoms. The van der Waals surface area contributed by atoms with E-state index in [2.05, 4.69) is 4.98 Å². The predicted molar refractivity (Wildman–Crippen MR) is 86.8 cm³/mol. The Bertz CT molecular complexity index is 740. The van der Waals surface area contributed by atoms with Crippen LogP contribution in [0.4, 0.5) is 0 Å². The molecule has 0 bridgehead atoms. The molecule has 3 heterocycles. The summed E-state index contributed by atoms with van der Waals surface area (Å²) in [5.74, 6) is -1.44. The minimum atomic E-state index is -0.842. The van der Waals surface area contributed by atoms with E-state index in [0.29, 0.717) is 27.9 Å². The van der Waals surface area contributed by atoms with Crippen LogP contribution in [0.1, 0.15) is 21.8 Å². The summed E-state index contributed by atoms with van der Waals surface area (Å²) in [6, 6.07) is 3.69. The van der Waals surface area contributed by atoms with Gasteiger partial charge in [-0.15, -0.1) is 22.7 Å². The van der Waals surface area contributed by atoms with Crippen LogP contribution in [0, 0.1) is 12.8 Å². The van der Waals surface area contributed by atoms with Gasteiger partial charge in [-0.05, 0) is 25.5 Å². The molecule has 1 atom stereocenters. The van der Waals surface area contributed by atoms with E-state index in [1.54, 1.807) is 17.9 Å². The number of nitrogens with zero attached hydrogens (tertiary/aromatic N) is 2. The minimum Gasteiger partial charge on any atom is -0.481 e. The number of aryl methyl sites for hydroxylation is 1. The van der Waals surface area contributed by atoms with Crippen LogP contribution < -0.4 is 0 Å². The molecular formula is C14H13ClN2O3S2. The maximum absolute atomic E-state index is 12.6. The van der Waals surface area contributed by atoms with Gasteiger partial charge >= 0.3 is 5.97 Å². The lowest BCUT2D eigenvalue weighted by atomic mass is 10.1. The predicted octanol–water partition coefficient (Wildman–Crippen LogP) is 3.38. The molecule has 0 aliphatic carbocycles. The summed E-state index contributed by atoms with van der Waals surface area (Å²) < 4.78 is 0.680. The summed E-state index contributed by atoms with van der Waals surface area (Å²) in [5.41, 5.74) is 0.674. The Labute approximate surface area is 140 Å². The van der Waals surface area contributed by atoms with E-state index in [-0.39, 0.29) is 12.5 Å². The summed E-state index contributed by atoms with van der Waals surface area (Å²) in [6.07, 6.45) is 0.506. The van der Waals surface area contributed by atoms with Crippen molar-refractivity contribution in [1.29, 1.82) is 0 Å². The fraction of sp³-hybridized carbons (Fsp3) is 0.357. The summed E-state index contributed by atoms with van der Waals surface area (Å²) in [5, 5.41) is 9.80. The number of hydrogen-bond donors (Lipinski definition) is 1. The van der Waals surface area contributed by atoms with E-state index in [1.165, 1.54) is 22.7 Å². The van der Waals surface area contributed by atoms with Crippen LogP contribution in [0.5, 0.6) is 0 Å². The highest BCUT2D eigenvalue weighted by atomic mass is 35.5. The third kappa shape index (κ3) is 2.88. The maximum Gasteiger partial charge on any atom is 0.308 e. The second-order valence-corrected chi connectivity index (χ2v) is 7.83. The molecule has 0 saturated carbocycles. The van der Waals surface area contributed by atoms with E-state index in [1.807, 2.05) is 6.07 Å². The molecule has 0 aromatic carbocycles. The van der Waals surface area contributed by atoms with Crippen LogP contribution in [0.3, 0.4) is 0 Å². The van der Waals surface area contributed by atoms with Crippen LogP contribution in [0.15, 0.2) is 12.1 Å². The Kier molecular flexibility index (Phi) is 4.20. The van der Waals surface area contributed by atoms with Crippen molar-refractivity contribution >= 4 is 46.2 Å². The van der Waals surface area contributed by atoms with Gasteiger partial charge in [-0.25, -0.2) is 4.98 Å². The Morgan fingerprint density at radius 2 is 2.18 bits per heavy atom. The van der Waals surface area contributed by atoms with Crippen molar-refractivity contribution < 1.29 is 14.7 Å². The van der Waals surface area contributed by atoms with Gasteiger partial charge in [0.15, 0.2) is 0 Å². The van der Waals surface area contributed by atoms with Crippen LogP contribution in [0.25, 0.3) is 9.88 Å². The number of amides is 1. The van der Waals surface area contributed by atoms with E-state index < -0.39 is 11.9 Å². The third-order valence-electron chi connectivity index (χ3n) is 3.60. The number of rotatable bonds is 3. The first kappa shape index (κ1) is 15.5. The number of carbonyl (C=O) groups is 2. The van der Waals surface area contributed by atoms with Crippen molar-refractivity contribution in [3.8, 4) is 9.88 Å². The van der Waals surface area contributed by atoms with Gasteiger partial charge in [0, 0.05) is 13.1 Å². The Morgan fingerprint density at radius 1 is 1.41 bits per heavy atom. The molecular weight excluding hydrogens is 344 g/mol. The van der Waals surface area contributed by atoms with Crippen molar-refractivity contribution in [1.82, 2.24) is 9.88 Å². The largest absolute Gasteiger partial charge is 0.481 e. The second-order valence-electron chi connectivity index (χ2n) is 5.11. The molecule has 3 rings (SSSR count). The summed E-state index contributed by atoms with van der Waals surface area (Å²) in [7, 11) is 0. The SMILES string of the molecule is Cc1nc(-c2ccc(Cl)s2)sc1C(=O)N1CCC(C(=O)O)C1. The minimum absolute atomic E-state index is 0.132. The van der Waals surface area contributed by atoms with Gasteiger partial charge in [0.25, 0.3) is 5.91 Å². The van der Waals surface area contributed by atoms with Crippen molar-refractivity contribution in [3.63, 3.8) is 0 Å². The zero-order valence-electron chi connectivity index (χ0n) is 11.7. The van der Waals surface area contributed by atoms with Gasteiger partial charge in [0.2, 0.25) is 0 Å². The zero-order valence-corrected chi connectivity index (χ0v) is 14.1. The Balaban J connectivity index is 1.82. The van der Waals surface area contributed by atoms with Gasteiger partial charge in [-0.1, -0.05) is 11.6 Å². The van der Waals surface area contributed by atoms with Gasteiger partial charge in [0.05, 0.1) is 20.8 Å². The maximum atomic E-state index is 12.6. The third-order valence-corrected chi connectivity index (χ3v) is 6.15.